The number of hydrogen-bond acceptors (Lipinski definition) is 4. The van der Waals surface area contributed by atoms with Crippen LogP contribution in [0.25, 0.3) is 0 Å². The van der Waals surface area contributed by atoms with Crippen LogP contribution in [0.4, 0.5) is 0 Å². The average molecular weight is 384 g/mol. The zero-order valence-electron chi connectivity index (χ0n) is 11.4. The predicted octanol–water partition coefficient (Wildman–Crippen LogP) is 3.59. The van der Waals surface area contributed by atoms with Gasteiger partial charge in [-0.3, -0.25) is 0 Å². The van der Waals surface area contributed by atoms with Gasteiger partial charge in [0, 0.05) is 0 Å². The minimum Gasteiger partial charge on any atom is -0.477 e. The summed E-state index contributed by atoms with van der Waals surface area (Å²) < 4.78 is 12.2. The van der Waals surface area contributed by atoms with Crippen molar-refractivity contribution in [2.75, 3.05) is 6.61 Å². The first kappa shape index (κ1) is 15.2. The minimum atomic E-state index is 0.457. The Balaban J connectivity index is 1.92. The normalized spacial score (nSPS) is 10.5. The third-order valence-electron chi connectivity index (χ3n) is 2.62. The Morgan fingerprint density at radius 3 is 2.65 bits per heavy atom. The fourth-order valence-corrected chi connectivity index (χ4v) is 2.22. The monoisotopic (exact) mass is 384 g/mol. The summed E-state index contributed by atoms with van der Waals surface area (Å²) in [6.07, 6.45) is 2.48. The van der Waals surface area contributed by atoms with Gasteiger partial charge >= 0.3 is 0 Å². The lowest BCUT2D eigenvalue weighted by Crippen LogP contribution is -2.05. The quantitative estimate of drug-likeness (QED) is 0.685. The third kappa shape index (κ3) is 4.42. The van der Waals surface area contributed by atoms with E-state index < -0.39 is 0 Å². The Bertz CT molecular complexity index is 535. The molecule has 0 saturated carbocycles. The van der Waals surface area contributed by atoms with Crippen molar-refractivity contribution in [2.45, 2.75) is 26.6 Å². The van der Waals surface area contributed by atoms with Crippen LogP contribution in [0.5, 0.6) is 5.88 Å². The van der Waals surface area contributed by atoms with E-state index in [4.69, 9.17) is 9.47 Å². The van der Waals surface area contributed by atoms with Gasteiger partial charge in [0.25, 0.3) is 0 Å². The van der Waals surface area contributed by atoms with Gasteiger partial charge in [-0.2, -0.15) is 0 Å². The van der Waals surface area contributed by atoms with E-state index in [-0.39, 0.29) is 0 Å². The second-order valence-electron chi connectivity index (χ2n) is 4.27. The molecule has 0 bridgehead atoms. The fourth-order valence-electron chi connectivity index (χ4n) is 1.63. The first-order chi connectivity index (χ1) is 9.81. The van der Waals surface area contributed by atoms with Gasteiger partial charge < -0.3 is 9.47 Å². The second-order valence-corrected chi connectivity index (χ2v) is 5.35. The summed E-state index contributed by atoms with van der Waals surface area (Å²) in [6, 6.07) is 10.1. The summed E-state index contributed by atoms with van der Waals surface area (Å²) in [5.41, 5.74) is 2.02. The molecule has 0 spiro atoms. The SMILES string of the molecule is CCCOc1ncnc(COCc2ccccc2)c1I. The molecule has 0 fully saturated rings. The maximum Gasteiger partial charge on any atom is 0.230 e. The summed E-state index contributed by atoms with van der Waals surface area (Å²) in [5, 5.41) is 0. The van der Waals surface area contributed by atoms with Crippen LogP contribution < -0.4 is 4.74 Å². The van der Waals surface area contributed by atoms with E-state index in [1.54, 1.807) is 0 Å². The highest BCUT2D eigenvalue weighted by atomic mass is 127. The highest BCUT2D eigenvalue weighted by Crippen LogP contribution is 2.21. The van der Waals surface area contributed by atoms with Gasteiger partial charge in [0.1, 0.15) is 6.33 Å². The van der Waals surface area contributed by atoms with Crippen LogP contribution in [0, 0.1) is 3.57 Å². The highest BCUT2D eigenvalue weighted by Gasteiger charge is 2.09. The van der Waals surface area contributed by atoms with Crippen LogP contribution in [0.3, 0.4) is 0 Å². The molecule has 0 N–H and O–H groups in total. The van der Waals surface area contributed by atoms with Crippen molar-refractivity contribution in [3.05, 3.63) is 51.5 Å². The molecule has 0 aliphatic carbocycles. The molecule has 2 aromatic rings. The van der Waals surface area contributed by atoms with Gasteiger partial charge in [-0.15, -0.1) is 0 Å². The maximum absolute atomic E-state index is 5.70. The molecule has 0 radical (unpaired) electrons. The number of aromatic nitrogens is 2. The van der Waals surface area contributed by atoms with Crippen LogP contribution in [0.1, 0.15) is 24.6 Å². The van der Waals surface area contributed by atoms with Crippen molar-refractivity contribution in [1.29, 1.82) is 0 Å². The van der Waals surface area contributed by atoms with E-state index in [1.165, 1.54) is 6.33 Å². The molecule has 1 heterocycles. The van der Waals surface area contributed by atoms with Crippen LogP contribution in [-0.2, 0) is 18.0 Å². The van der Waals surface area contributed by atoms with Gasteiger partial charge in [-0.1, -0.05) is 37.3 Å². The Labute approximate surface area is 132 Å². The average Bonchev–Trinajstić information content (AvgIpc) is 2.49. The van der Waals surface area contributed by atoms with Crippen LogP contribution >= 0.6 is 22.6 Å². The summed E-state index contributed by atoms with van der Waals surface area (Å²) in [4.78, 5) is 8.40. The summed E-state index contributed by atoms with van der Waals surface area (Å²) in [5.74, 6) is 0.640. The standard InChI is InChI=1S/C15H17IN2O2/c1-2-8-20-15-14(16)13(17-11-18-15)10-19-9-12-6-4-3-5-7-12/h3-7,11H,2,8-10H2,1H3. The van der Waals surface area contributed by atoms with Gasteiger partial charge in [0.05, 0.1) is 29.1 Å². The fraction of sp³-hybridized carbons (Fsp3) is 0.333. The van der Waals surface area contributed by atoms with Crippen LogP contribution in [0.15, 0.2) is 36.7 Å². The number of ether oxygens (including phenoxy) is 2. The molecule has 5 heteroatoms. The lowest BCUT2D eigenvalue weighted by atomic mass is 10.2. The summed E-state index contributed by atoms with van der Waals surface area (Å²) in [7, 11) is 0. The van der Waals surface area contributed by atoms with Crippen molar-refractivity contribution >= 4 is 22.6 Å². The largest absolute Gasteiger partial charge is 0.477 e. The van der Waals surface area contributed by atoms with Gasteiger partial charge in [0.2, 0.25) is 5.88 Å². The molecule has 0 atom stereocenters. The smallest absolute Gasteiger partial charge is 0.230 e. The molecule has 0 aliphatic rings. The Kier molecular flexibility index (Phi) is 6.20. The first-order valence-electron chi connectivity index (χ1n) is 6.55. The van der Waals surface area contributed by atoms with Gasteiger partial charge in [0.15, 0.2) is 0 Å². The maximum atomic E-state index is 5.70. The molecule has 0 saturated heterocycles. The molecule has 0 aliphatic heterocycles. The molecule has 2 rings (SSSR count). The Hall–Kier alpha value is -1.21. The third-order valence-corrected chi connectivity index (χ3v) is 3.71. The van der Waals surface area contributed by atoms with E-state index in [1.807, 2.05) is 30.3 Å². The van der Waals surface area contributed by atoms with Crippen molar-refractivity contribution in [3.63, 3.8) is 0 Å². The zero-order chi connectivity index (χ0) is 14.2. The van der Waals surface area contributed by atoms with E-state index in [0.29, 0.717) is 25.7 Å². The van der Waals surface area contributed by atoms with Crippen LogP contribution in [-0.4, -0.2) is 16.6 Å². The molecule has 106 valence electrons. The summed E-state index contributed by atoms with van der Waals surface area (Å²) >= 11 is 2.21. The number of benzene rings is 1. The predicted molar refractivity (Wildman–Crippen MR) is 85.5 cm³/mol. The molecule has 1 aromatic carbocycles. The first-order valence-corrected chi connectivity index (χ1v) is 7.63. The van der Waals surface area contributed by atoms with Crippen molar-refractivity contribution in [1.82, 2.24) is 9.97 Å². The van der Waals surface area contributed by atoms with E-state index in [2.05, 4.69) is 39.5 Å². The molecular weight excluding hydrogens is 367 g/mol. The number of halogens is 1. The van der Waals surface area contributed by atoms with E-state index >= 15 is 0 Å². The number of rotatable bonds is 7. The number of nitrogens with zero attached hydrogens (tertiary/aromatic N) is 2. The topological polar surface area (TPSA) is 44.2 Å². The second kappa shape index (κ2) is 8.16. The number of hydrogen-bond donors (Lipinski definition) is 0. The Morgan fingerprint density at radius 1 is 1.10 bits per heavy atom. The van der Waals surface area contributed by atoms with E-state index in [9.17, 15) is 0 Å². The van der Waals surface area contributed by atoms with Crippen molar-refractivity contribution in [2.24, 2.45) is 0 Å². The van der Waals surface area contributed by atoms with Crippen molar-refractivity contribution in [3.8, 4) is 5.88 Å². The van der Waals surface area contributed by atoms with Crippen molar-refractivity contribution < 1.29 is 9.47 Å². The minimum absolute atomic E-state index is 0.457. The molecule has 0 amide bonds. The molecule has 0 unspecified atom stereocenters. The lowest BCUT2D eigenvalue weighted by molar-refractivity contribution is 0.103. The molecular formula is C15H17IN2O2. The van der Waals surface area contributed by atoms with Gasteiger partial charge in [-0.25, -0.2) is 9.97 Å². The zero-order valence-corrected chi connectivity index (χ0v) is 13.5. The summed E-state index contributed by atoms with van der Waals surface area (Å²) in [6.45, 7) is 3.76. The van der Waals surface area contributed by atoms with Gasteiger partial charge in [-0.05, 0) is 34.6 Å². The highest BCUT2D eigenvalue weighted by molar-refractivity contribution is 14.1. The Morgan fingerprint density at radius 2 is 1.90 bits per heavy atom. The molecule has 20 heavy (non-hydrogen) atoms. The molecule has 1 aromatic heterocycles. The van der Waals surface area contributed by atoms with E-state index in [0.717, 1.165) is 21.2 Å². The molecule has 4 nitrogen and oxygen atoms in total. The lowest BCUT2D eigenvalue weighted by Gasteiger charge is -2.09. The van der Waals surface area contributed by atoms with Crippen LogP contribution in [0.2, 0.25) is 0 Å².